The lowest BCUT2D eigenvalue weighted by atomic mass is 10.2. The third-order valence-electron chi connectivity index (χ3n) is 1.87. The Balaban J connectivity index is 3.06. The third-order valence-corrected chi connectivity index (χ3v) is 1.87. The van der Waals surface area contributed by atoms with Gasteiger partial charge in [0.1, 0.15) is 12.6 Å². The molecule has 0 saturated heterocycles. The van der Waals surface area contributed by atoms with Crippen molar-refractivity contribution in [1.82, 2.24) is 4.98 Å². The lowest BCUT2D eigenvalue weighted by Crippen LogP contribution is -2.30. The van der Waals surface area contributed by atoms with Crippen LogP contribution in [0.5, 0.6) is 0 Å². The SMILES string of the molecule is C#CCN(CC(=O)O)c1cnccc1C#N. The number of carboxylic acid groups (broad SMARTS) is 1. The van der Waals surface area contributed by atoms with Crippen LogP contribution in [-0.4, -0.2) is 29.1 Å². The van der Waals surface area contributed by atoms with Crippen molar-refractivity contribution in [3.05, 3.63) is 24.0 Å². The Morgan fingerprint density at radius 1 is 1.69 bits per heavy atom. The van der Waals surface area contributed by atoms with Gasteiger partial charge in [0.25, 0.3) is 0 Å². The zero-order chi connectivity index (χ0) is 12.0. The van der Waals surface area contributed by atoms with Gasteiger partial charge in [0.05, 0.1) is 24.0 Å². The van der Waals surface area contributed by atoms with Gasteiger partial charge in [-0.25, -0.2) is 0 Å². The van der Waals surface area contributed by atoms with Crippen molar-refractivity contribution >= 4 is 11.7 Å². The molecule has 0 aliphatic carbocycles. The molecule has 0 fully saturated rings. The molecule has 5 heteroatoms. The van der Waals surface area contributed by atoms with Crippen LogP contribution in [0.1, 0.15) is 5.56 Å². The van der Waals surface area contributed by atoms with E-state index in [1.807, 2.05) is 6.07 Å². The molecule has 1 rings (SSSR count). The summed E-state index contributed by atoms with van der Waals surface area (Å²) in [5, 5.41) is 17.6. The quantitative estimate of drug-likeness (QED) is 0.739. The first-order chi connectivity index (χ1) is 7.69. The van der Waals surface area contributed by atoms with Gasteiger partial charge in [-0.2, -0.15) is 5.26 Å². The van der Waals surface area contributed by atoms with Gasteiger partial charge in [-0.3, -0.25) is 9.78 Å². The van der Waals surface area contributed by atoms with Gasteiger partial charge in [0, 0.05) is 6.20 Å². The van der Waals surface area contributed by atoms with Gasteiger partial charge in [0.15, 0.2) is 0 Å². The molecule has 5 nitrogen and oxygen atoms in total. The highest BCUT2D eigenvalue weighted by Gasteiger charge is 2.13. The van der Waals surface area contributed by atoms with Crippen LogP contribution in [0.4, 0.5) is 5.69 Å². The molecule has 1 heterocycles. The van der Waals surface area contributed by atoms with Crippen molar-refractivity contribution in [3.8, 4) is 18.4 Å². The highest BCUT2D eigenvalue weighted by atomic mass is 16.4. The average Bonchev–Trinajstić information content (AvgIpc) is 2.28. The Hall–Kier alpha value is -2.53. The maximum absolute atomic E-state index is 10.6. The van der Waals surface area contributed by atoms with Crippen LogP contribution in [0.15, 0.2) is 18.5 Å². The molecular formula is C11H9N3O2. The van der Waals surface area contributed by atoms with E-state index < -0.39 is 5.97 Å². The van der Waals surface area contributed by atoms with Crippen LogP contribution >= 0.6 is 0 Å². The molecule has 80 valence electrons. The first-order valence-corrected chi connectivity index (χ1v) is 4.43. The zero-order valence-electron chi connectivity index (χ0n) is 8.42. The first-order valence-electron chi connectivity index (χ1n) is 4.43. The summed E-state index contributed by atoms with van der Waals surface area (Å²) < 4.78 is 0. The van der Waals surface area contributed by atoms with Crippen LogP contribution < -0.4 is 4.90 Å². The second-order valence-corrected chi connectivity index (χ2v) is 2.96. The number of hydrogen-bond acceptors (Lipinski definition) is 4. The van der Waals surface area contributed by atoms with Gasteiger partial charge in [0.2, 0.25) is 0 Å². The van der Waals surface area contributed by atoms with Crippen LogP contribution in [0, 0.1) is 23.7 Å². The normalized spacial score (nSPS) is 8.88. The van der Waals surface area contributed by atoms with E-state index >= 15 is 0 Å². The van der Waals surface area contributed by atoms with Gasteiger partial charge in [-0.1, -0.05) is 5.92 Å². The van der Waals surface area contributed by atoms with Crippen LogP contribution in [0.25, 0.3) is 0 Å². The fourth-order valence-electron chi connectivity index (χ4n) is 1.23. The highest BCUT2D eigenvalue weighted by molar-refractivity contribution is 5.75. The zero-order valence-corrected chi connectivity index (χ0v) is 8.42. The molecule has 0 aliphatic rings. The summed E-state index contributed by atoms with van der Waals surface area (Å²) in [6.45, 7) is -0.142. The molecule has 0 radical (unpaired) electrons. The van der Waals surface area contributed by atoms with E-state index in [0.29, 0.717) is 11.3 Å². The van der Waals surface area contributed by atoms with Crippen LogP contribution in [0.2, 0.25) is 0 Å². The monoisotopic (exact) mass is 215 g/mol. The number of hydrogen-bond donors (Lipinski definition) is 1. The number of terminal acetylenes is 1. The molecule has 0 unspecified atom stereocenters. The molecule has 0 bridgehead atoms. The maximum atomic E-state index is 10.6. The van der Waals surface area contributed by atoms with Crippen LogP contribution in [-0.2, 0) is 4.79 Å². The van der Waals surface area contributed by atoms with Gasteiger partial charge in [-0.15, -0.1) is 6.42 Å². The van der Waals surface area contributed by atoms with Crippen molar-refractivity contribution in [2.24, 2.45) is 0 Å². The molecule has 16 heavy (non-hydrogen) atoms. The maximum Gasteiger partial charge on any atom is 0.323 e. The molecule has 0 aromatic carbocycles. The number of rotatable bonds is 4. The largest absolute Gasteiger partial charge is 0.480 e. The number of carbonyl (C=O) groups is 1. The molecule has 1 aromatic heterocycles. The highest BCUT2D eigenvalue weighted by Crippen LogP contribution is 2.17. The third kappa shape index (κ3) is 2.73. The topological polar surface area (TPSA) is 77.2 Å². The fraction of sp³-hybridized carbons (Fsp3) is 0.182. The van der Waals surface area contributed by atoms with Gasteiger partial charge >= 0.3 is 5.97 Å². The van der Waals surface area contributed by atoms with Crippen molar-refractivity contribution in [1.29, 1.82) is 5.26 Å². The second-order valence-electron chi connectivity index (χ2n) is 2.96. The van der Waals surface area contributed by atoms with Gasteiger partial charge < -0.3 is 10.0 Å². The molecule has 0 atom stereocenters. The van der Waals surface area contributed by atoms with Crippen molar-refractivity contribution < 1.29 is 9.90 Å². The predicted molar refractivity (Wildman–Crippen MR) is 57.6 cm³/mol. The minimum Gasteiger partial charge on any atom is -0.480 e. The van der Waals surface area contributed by atoms with Crippen molar-refractivity contribution in [2.75, 3.05) is 18.0 Å². The van der Waals surface area contributed by atoms with E-state index in [9.17, 15) is 4.79 Å². The smallest absolute Gasteiger partial charge is 0.323 e. The fourth-order valence-corrected chi connectivity index (χ4v) is 1.23. The number of aliphatic carboxylic acids is 1. The summed E-state index contributed by atoms with van der Waals surface area (Å²) >= 11 is 0. The summed E-state index contributed by atoms with van der Waals surface area (Å²) in [5.41, 5.74) is 0.789. The number of anilines is 1. The first kappa shape index (κ1) is 11.5. The van der Waals surface area contributed by atoms with E-state index in [1.54, 1.807) is 0 Å². The Morgan fingerprint density at radius 3 is 3.00 bits per heavy atom. The summed E-state index contributed by atoms with van der Waals surface area (Å²) in [7, 11) is 0. The molecule has 0 spiro atoms. The lowest BCUT2D eigenvalue weighted by Gasteiger charge is -2.20. The van der Waals surface area contributed by atoms with Crippen molar-refractivity contribution in [2.45, 2.75) is 0 Å². The summed E-state index contributed by atoms with van der Waals surface area (Å²) in [4.78, 5) is 15.9. The van der Waals surface area contributed by atoms with E-state index in [-0.39, 0.29) is 13.1 Å². The molecule has 1 N–H and O–H groups in total. The molecule has 0 saturated carbocycles. The number of nitrogens with zero attached hydrogens (tertiary/aromatic N) is 3. The Kier molecular flexibility index (Phi) is 3.88. The minimum atomic E-state index is -1.01. The Labute approximate surface area is 92.9 Å². The molecule has 0 aliphatic heterocycles. The Bertz CT molecular complexity index is 471. The number of aromatic nitrogens is 1. The molecule has 0 amide bonds. The van der Waals surface area contributed by atoms with E-state index in [0.717, 1.165) is 0 Å². The van der Waals surface area contributed by atoms with Crippen molar-refractivity contribution in [3.63, 3.8) is 0 Å². The number of pyridine rings is 1. The summed E-state index contributed by atoms with van der Waals surface area (Å²) in [5.74, 6) is 1.34. The summed E-state index contributed by atoms with van der Waals surface area (Å²) in [6.07, 6.45) is 8.04. The van der Waals surface area contributed by atoms with Crippen LogP contribution in [0.3, 0.4) is 0 Å². The predicted octanol–water partition coefficient (Wildman–Crippen LogP) is 0.477. The standard InChI is InChI=1S/C11H9N3O2/c1-2-5-14(8-11(15)16)10-7-13-4-3-9(10)6-12/h1,3-4,7H,5,8H2,(H,15,16). The minimum absolute atomic E-state index is 0.118. The van der Waals surface area contributed by atoms with Gasteiger partial charge in [-0.05, 0) is 6.07 Å². The number of nitriles is 1. The Morgan fingerprint density at radius 2 is 2.44 bits per heavy atom. The molecule has 1 aromatic rings. The summed E-state index contributed by atoms with van der Waals surface area (Å²) in [6, 6.07) is 3.48. The van der Waals surface area contributed by atoms with E-state index in [4.69, 9.17) is 16.8 Å². The van der Waals surface area contributed by atoms with E-state index in [1.165, 1.54) is 23.4 Å². The lowest BCUT2D eigenvalue weighted by molar-refractivity contribution is -0.135. The second kappa shape index (κ2) is 5.38. The molecular weight excluding hydrogens is 206 g/mol. The average molecular weight is 215 g/mol. The number of carboxylic acids is 1. The van der Waals surface area contributed by atoms with E-state index in [2.05, 4.69) is 10.9 Å².